The molecule has 5 nitrogen and oxygen atoms in total. The van der Waals surface area contributed by atoms with E-state index in [2.05, 4.69) is 21.5 Å². The summed E-state index contributed by atoms with van der Waals surface area (Å²) >= 11 is 0. The van der Waals surface area contributed by atoms with Crippen LogP contribution in [0.3, 0.4) is 0 Å². The molecule has 0 spiro atoms. The normalized spacial score (nSPS) is 22.9. The molecule has 1 aliphatic carbocycles. The molecule has 0 amide bonds. The van der Waals surface area contributed by atoms with E-state index in [0.29, 0.717) is 18.6 Å². The van der Waals surface area contributed by atoms with E-state index >= 15 is 0 Å². The van der Waals surface area contributed by atoms with Crippen LogP contribution in [0.25, 0.3) is 0 Å². The van der Waals surface area contributed by atoms with E-state index in [4.69, 9.17) is 10.5 Å². The summed E-state index contributed by atoms with van der Waals surface area (Å²) in [4.78, 5) is 6.76. The first-order chi connectivity index (χ1) is 9.31. The quantitative estimate of drug-likeness (QED) is 0.871. The maximum Gasteiger partial charge on any atom is 0.0951 e. The van der Waals surface area contributed by atoms with Crippen LogP contribution in [0.4, 0.5) is 0 Å². The molecule has 1 aromatic rings. The second kappa shape index (κ2) is 5.61. The summed E-state index contributed by atoms with van der Waals surface area (Å²) in [7, 11) is 2.19. The SMILES string of the molecule is CN(C1CCOCC1)C(CN)c1cncn1C1CC1. The minimum Gasteiger partial charge on any atom is -0.381 e. The maximum absolute atomic E-state index is 6.05. The van der Waals surface area contributed by atoms with E-state index in [1.165, 1.54) is 18.5 Å². The van der Waals surface area contributed by atoms with Crippen molar-refractivity contribution in [1.29, 1.82) is 0 Å². The highest BCUT2D eigenvalue weighted by atomic mass is 16.5. The van der Waals surface area contributed by atoms with Crippen LogP contribution < -0.4 is 5.73 Å². The van der Waals surface area contributed by atoms with E-state index in [-0.39, 0.29) is 6.04 Å². The number of hydrogen-bond donors (Lipinski definition) is 1. The van der Waals surface area contributed by atoms with Gasteiger partial charge in [-0.15, -0.1) is 0 Å². The molecule has 1 saturated heterocycles. The molecule has 2 heterocycles. The highest BCUT2D eigenvalue weighted by Crippen LogP contribution is 2.38. The van der Waals surface area contributed by atoms with Gasteiger partial charge in [-0.1, -0.05) is 0 Å². The van der Waals surface area contributed by atoms with Gasteiger partial charge < -0.3 is 15.0 Å². The molecule has 1 aliphatic heterocycles. The molecular weight excluding hydrogens is 240 g/mol. The lowest BCUT2D eigenvalue weighted by atomic mass is 10.0. The molecule has 19 heavy (non-hydrogen) atoms. The zero-order valence-corrected chi connectivity index (χ0v) is 11.7. The lowest BCUT2D eigenvalue weighted by Crippen LogP contribution is -2.42. The van der Waals surface area contributed by atoms with Gasteiger partial charge in [0.2, 0.25) is 0 Å². The Kier molecular flexibility index (Phi) is 3.86. The molecular formula is C14H24N4O. The third kappa shape index (κ3) is 2.68. The average molecular weight is 264 g/mol. The third-order valence-corrected chi connectivity index (χ3v) is 4.46. The summed E-state index contributed by atoms with van der Waals surface area (Å²) in [6.45, 7) is 2.38. The standard InChI is InChI=1S/C14H24N4O/c1-17(11-4-6-19-7-5-11)13(8-15)14-9-16-10-18(14)12-2-3-12/h9-13H,2-8,15H2,1H3. The zero-order chi connectivity index (χ0) is 13.2. The summed E-state index contributed by atoms with van der Waals surface area (Å²) < 4.78 is 7.78. The van der Waals surface area contributed by atoms with Crippen molar-refractivity contribution >= 4 is 0 Å². The monoisotopic (exact) mass is 264 g/mol. The first-order valence-electron chi connectivity index (χ1n) is 7.32. The Hall–Kier alpha value is -0.910. The van der Waals surface area contributed by atoms with E-state index in [1.807, 2.05) is 12.5 Å². The molecule has 0 bridgehead atoms. The summed E-state index contributed by atoms with van der Waals surface area (Å²) in [6, 6.07) is 1.51. The Morgan fingerprint density at radius 1 is 1.42 bits per heavy atom. The summed E-state index contributed by atoms with van der Waals surface area (Å²) in [6.07, 6.45) is 8.72. The summed E-state index contributed by atoms with van der Waals surface area (Å²) in [5, 5.41) is 0. The molecule has 0 aromatic carbocycles. The van der Waals surface area contributed by atoms with Gasteiger partial charge in [0.05, 0.1) is 18.1 Å². The number of likely N-dealkylation sites (N-methyl/N-ethyl adjacent to an activating group) is 1. The molecule has 1 aromatic heterocycles. The van der Waals surface area contributed by atoms with Gasteiger partial charge in [-0.2, -0.15) is 0 Å². The fraction of sp³-hybridized carbons (Fsp3) is 0.786. The van der Waals surface area contributed by atoms with Crippen LogP contribution in [0.15, 0.2) is 12.5 Å². The third-order valence-electron chi connectivity index (χ3n) is 4.46. The van der Waals surface area contributed by atoms with Crippen molar-refractivity contribution in [2.24, 2.45) is 5.73 Å². The molecule has 0 radical (unpaired) electrons. The first kappa shape index (κ1) is 13.1. The van der Waals surface area contributed by atoms with Crippen molar-refractivity contribution in [1.82, 2.24) is 14.5 Å². The number of ether oxygens (including phenoxy) is 1. The zero-order valence-electron chi connectivity index (χ0n) is 11.7. The van der Waals surface area contributed by atoms with Gasteiger partial charge in [0.1, 0.15) is 0 Å². The molecule has 1 atom stereocenters. The predicted octanol–water partition coefficient (Wildman–Crippen LogP) is 1.33. The highest BCUT2D eigenvalue weighted by molar-refractivity contribution is 5.10. The molecule has 106 valence electrons. The van der Waals surface area contributed by atoms with Gasteiger partial charge in [-0.3, -0.25) is 4.90 Å². The topological polar surface area (TPSA) is 56.3 Å². The van der Waals surface area contributed by atoms with Crippen LogP contribution in [0.2, 0.25) is 0 Å². The largest absolute Gasteiger partial charge is 0.381 e. The summed E-state index contributed by atoms with van der Waals surface area (Å²) in [5.41, 5.74) is 7.32. The van der Waals surface area contributed by atoms with Crippen molar-refractivity contribution in [2.45, 2.75) is 43.8 Å². The van der Waals surface area contributed by atoms with Gasteiger partial charge in [0.25, 0.3) is 0 Å². The summed E-state index contributed by atoms with van der Waals surface area (Å²) in [5.74, 6) is 0. The van der Waals surface area contributed by atoms with Crippen molar-refractivity contribution in [3.63, 3.8) is 0 Å². The number of imidazole rings is 1. The Bertz CT molecular complexity index is 409. The van der Waals surface area contributed by atoms with Crippen molar-refractivity contribution < 1.29 is 4.74 Å². The van der Waals surface area contributed by atoms with Gasteiger partial charge in [0, 0.05) is 38.0 Å². The number of hydrogen-bond acceptors (Lipinski definition) is 4. The smallest absolute Gasteiger partial charge is 0.0951 e. The number of aromatic nitrogens is 2. The van der Waals surface area contributed by atoms with Crippen LogP contribution in [-0.4, -0.2) is 47.3 Å². The molecule has 3 rings (SSSR count). The molecule has 5 heteroatoms. The Labute approximate surface area is 114 Å². The van der Waals surface area contributed by atoms with Gasteiger partial charge in [-0.05, 0) is 32.7 Å². The number of nitrogens with two attached hydrogens (primary N) is 1. The molecule has 2 N–H and O–H groups in total. The minimum absolute atomic E-state index is 0.270. The fourth-order valence-corrected chi connectivity index (χ4v) is 3.07. The Balaban J connectivity index is 1.76. The molecule has 1 saturated carbocycles. The van der Waals surface area contributed by atoms with Gasteiger partial charge in [-0.25, -0.2) is 4.98 Å². The van der Waals surface area contributed by atoms with Crippen molar-refractivity contribution in [3.05, 3.63) is 18.2 Å². The molecule has 2 fully saturated rings. The average Bonchev–Trinajstić information content (AvgIpc) is 3.20. The lowest BCUT2D eigenvalue weighted by molar-refractivity contribution is 0.0282. The Morgan fingerprint density at radius 2 is 2.16 bits per heavy atom. The van der Waals surface area contributed by atoms with E-state index in [1.54, 1.807) is 0 Å². The fourth-order valence-electron chi connectivity index (χ4n) is 3.07. The van der Waals surface area contributed by atoms with Crippen LogP contribution in [-0.2, 0) is 4.74 Å². The molecule has 1 unspecified atom stereocenters. The Morgan fingerprint density at radius 3 is 2.79 bits per heavy atom. The van der Waals surface area contributed by atoms with Crippen LogP contribution >= 0.6 is 0 Å². The lowest BCUT2D eigenvalue weighted by Gasteiger charge is -2.36. The van der Waals surface area contributed by atoms with E-state index in [9.17, 15) is 0 Å². The van der Waals surface area contributed by atoms with Crippen LogP contribution in [0, 0.1) is 0 Å². The number of nitrogens with zero attached hydrogens (tertiary/aromatic N) is 3. The van der Waals surface area contributed by atoms with Crippen molar-refractivity contribution in [2.75, 3.05) is 26.8 Å². The second-order valence-corrected chi connectivity index (χ2v) is 5.72. The van der Waals surface area contributed by atoms with Crippen LogP contribution in [0.1, 0.15) is 43.5 Å². The van der Waals surface area contributed by atoms with Crippen molar-refractivity contribution in [3.8, 4) is 0 Å². The molecule has 2 aliphatic rings. The minimum atomic E-state index is 0.270. The maximum atomic E-state index is 6.05. The second-order valence-electron chi connectivity index (χ2n) is 5.72. The van der Waals surface area contributed by atoms with E-state index in [0.717, 1.165) is 26.1 Å². The van der Waals surface area contributed by atoms with Crippen LogP contribution in [0.5, 0.6) is 0 Å². The predicted molar refractivity (Wildman–Crippen MR) is 73.9 cm³/mol. The number of rotatable bonds is 5. The highest BCUT2D eigenvalue weighted by Gasteiger charge is 2.31. The van der Waals surface area contributed by atoms with Gasteiger partial charge >= 0.3 is 0 Å². The first-order valence-corrected chi connectivity index (χ1v) is 7.32. The van der Waals surface area contributed by atoms with Gasteiger partial charge in [0.15, 0.2) is 0 Å². The van der Waals surface area contributed by atoms with E-state index < -0.39 is 0 Å².